The third kappa shape index (κ3) is 1.53. The molecule has 15 heavy (non-hydrogen) atoms. The largest absolute Gasteiger partial charge is 0.396 e. The quantitative estimate of drug-likeness (QED) is 0.833. The lowest BCUT2D eigenvalue weighted by atomic mass is 9.50. The predicted octanol–water partition coefficient (Wildman–Crippen LogP) is 1.78. The van der Waals surface area contributed by atoms with Crippen LogP contribution in [0.5, 0.6) is 0 Å². The van der Waals surface area contributed by atoms with E-state index in [2.05, 4.69) is 22.8 Å². The number of nitrogens with one attached hydrogen (secondary N) is 1. The van der Waals surface area contributed by atoms with E-state index in [0.717, 1.165) is 13.1 Å². The molecule has 1 aliphatic carbocycles. The van der Waals surface area contributed by atoms with E-state index in [0.29, 0.717) is 12.0 Å². The maximum atomic E-state index is 9.36. The van der Waals surface area contributed by atoms with Crippen molar-refractivity contribution in [1.29, 1.82) is 0 Å². The van der Waals surface area contributed by atoms with Crippen molar-refractivity contribution in [2.45, 2.75) is 18.3 Å². The lowest BCUT2D eigenvalue weighted by Crippen LogP contribution is -2.65. The molecule has 2 saturated heterocycles. The van der Waals surface area contributed by atoms with Crippen molar-refractivity contribution in [2.75, 3.05) is 19.7 Å². The number of hydrogen-bond donors (Lipinski definition) is 2. The van der Waals surface area contributed by atoms with Crippen molar-refractivity contribution in [3.8, 4) is 0 Å². The van der Waals surface area contributed by atoms with Crippen LogP contribution >= 0.6 is 23.7 Å². The molecule has 0 spiro atoms. The summed E-state index contributed by atoms with van der Waals surface area (Å²) in [5.74, 6) is 0. The molecule has 1 aromatic rings. The lowest BCUT2D eigenvalue weighted by Gasteiger charge is -2.60. The molecule has 84 valence electrons. The Kier molecular flexibility index (Phi) is 2.84. The molecular formula is C11H16ClNOS. The molecule has 1 aromatic heterocycles. The van der Waals surface area contributed by atoms with Crippen molar-refractivity contribution < 1.29 is 5.11 Å². The molecule has 0 radical (unpaired) electrons. The number of aliphatic hydroxyl groups excluding tert-OH is 1. The van der Waals surface area contributed by atoms with Gasteiger partial charge >= 0.3 is 0 Å². The standard InChI is InChI=1S/C11H15NOS.ClH/c13-8-10-4-11(5-10,7-12-6-10)9-2-1-3-14-9;/h1-3,12-13H,4-8H2;1H. The molecule has 4 rings (SSSR count). The fourth-order valence-electron chi connectivity index (χ4n) is 3.21. The summed E-state index contributed by atoms with van der Waals surface area (Å²) < 4.78 is 0. The monoisotopic (exact) mass is 245 g/mol. The Morgan fingerprint density at radius 1 is 1.40 bits per heavy atom. The first-order valence-electron chi connectivity index (χ1n) is 5.14. The summed E-state index contributed by atoms with van der Waals surface area (Å²) in [6, 6.07) is 4.36. The molecule has 2 nitrogen and oxygen atoms in total. The van der Waals surface area contributed by atoms with E-state index in [9.17, 15) is 5.11 Å². The molecule has 2 N–H and O–H groups in total. The molecule has 3 aliphatic rings. The topological polar surface area (TPSA) is 32.3 Å². The Hall–Kier alpha value is -0.0900. The molecule has 1 saturated carbocycles. The molecule has 2 bridgehead atoms. The summed E-state index contributed by atoms with van der Waals surface area (Å²) in [4.78, 5) is 1.49. The Labute approximate surface area is 100 Å². The minimum Gasteiger partial charge on any atom is -0.396 e. The van der Waals surface area contributed by atoms with Crippen LogP contribution in [-0.2, 0) is 5.41 Å². The highest BCUT2D eigenvalue weighted by molar-refractivity contribution is 7.10. The van der Waals surface area contributed by atoms with Gasteiger partial charge in [0.25, 0.3) is 0 Å². The van der Waals surface area contributed by atoms with Crippen LogP contribution in [0.4, 0.5) is 0 Å². The number of fused-ring (bicyclic) bond motifs is 2. The molecule has 3 fully saturated rings. The van der Waals surface area contributed by atoms with Crippen LogP contribution in [0.15, 0.2) is 17.5 Å². The first-order chi connectivity index (χ1) is 6.79. The zero-order valence-corrected chi connectivity index (χ0v) is 10.2. The number of hydrogen-bond acceptors (Lipinski definition) is 3. The Morgan fingerprint density at radius 3 is 2.80 bits per heavy atom. The van der Waals surface area contributed by atoms with E-state index in [-0.39, 0.29) is 17.8 Å². The first kappa shape index (κ1) is 11.4. The maximum absolute atomic E-state index is 9.36. The van der Waals surface area contributed by atoms with Gasteiger partial charge in [-0.3, -0.25) is 0 Å². The second-order valence-electron chi connectivity index (χ2n) is 4.87. The van der Waals surface area contributed by atoms with Crippen molar-refractivity contribution in [3.05, 3.63) is 22.4 Å². The van der Waals surface area contributed by atoms with Gasteiger partial charge in [0.05, 0.1) is 0 Å². The third-order valence-electron chi connectivity index (χ3n) is 3.77. The average Bonchev–Trinajstić information content (AvgIpc) is 2.70. The third-order valence-corrected chi connectivity index (χ3v) is 4.89. The molecule has 2 aliphatic heterocycles. The second kappa shape index (κ2) is 3.74. The smallest absolute Gasteiger partial charge is 0.0500 e. The lowest BCUT2D eigenvalue weighted by molar-refractivity contribution is -0.0565. The van der Waals surface area contributed by atoms with E-state index in [1.807, 2.05) is 11.3 Å². The van der Waals surface area contributed by atoms with Crippen LogP contribution in [0, 0.1) is 5.41 Å². The van der Waals surface area contributed by atoms with E-state index < -0.39 is 0 Å². The molecule has 0 atom stereocenters. The van der Waals surface area contributed by atoms with E-state index in [1.54, 1.807) is 0 Å². The minimum atomic E-state index is 0. The highest BCUT2D eigenvalue weighted by Gasteiger charge is 2.57. The van der Waals surface area contributed by atoms with Crippen molar-refractivity contribution in [3.63, 3.8) is 0 Å². The van der Waals surface area contributed by atoms with E-state index >= 15 is 0 Å². The van der Waals surface area contributed by atoms with Crippen LogP contribution < -0.4 is 5.32 Å². The van der Waals surface area contributed by atoms with Gasteiger partial charge in [-0.2, -0.15) is 0 Å². The van der Waals surface area contributed by atoms with Crippen LogP contribution in [0.1, 0.15) is 17.7 Å². The SMILES string of the molecule is Cl.OCC12CNCC(c3cccs3)(C1)C2. The van der Waals surface area contributed by atoms with Crippen LogP contribution in [-0.4, -0.2) is 24.8 Å². The highest BCUT2D eigenvalue weighted by atomic mass is 35.5. The van der Waals surface area contributed by atoms with Gasteiger partial charge in [0.15, 0.2) is 0 Å². The molecule has 4 heteroatoms. The van der Waals surface area contributed by atoms with Crippen molar-refractivity contribution >= 4 is 23.7 Å². The first-order valence-corrected chi connectivity index (χ1v) is 6.02. The van der Waals surface area contributed by atoms with Crippen molar-refractivity contribution in [2.24, 2.45) is 5.41 Å². The minimum absolute atomic E-state index is 0. The molecule has 0 amide bonds. The average molecular weight is 246 g/mol. The van der Waals surface area contributed by atoms with Gasteiger partial charge in [0.1, 0.15) is 0 Å². The summed E-state index contributed by atoms with van der Waals surface area (Å²) in [6.45, 7) is 2.43. The highest BCUT2D eigenvalue weighted by Crippen LogP contribution is 2.58. The summed E-state index contributed by atoms with van der Waals surface area (Å²) in [6.07, 6.45) is 2.34. The molecule has 3 heterocycles. The van der Waals surface area contributed by atoms with Gasteiger partial charge in [-0.15, -0.1) is 23.7 Å². The predicted molar refractivity (Wildman–Crippen MR) is 64.9 cm³/mol. The van der Waals surface area contributed by atoms with E-state index in [1.165, 1.54) is 17.7 Å². The summed E-state index contributed by atoms with van der Waals surface area (Å²) in [7, 11) is 0. The fraction of sp³-hybridized carbons (Fsp3) is 0.636. The number of thiophene rings is 1. The number of piperidine rings is 2. The number of halogens is 1. The summed E-state index contributed by atoms with van der Waals surface area (Å²) in [5.41, 5.74) is 0.553. The summed E-state index contributed by atoms with van der Waals surface area (Å²) >= 11 is 1.85. The molecule has 0 unspecified atom stereocenters. The molecular weight excluding hydrogens is 230 g/mol. The van der Waals surface area contributed by atoms with Gasteiger partial charge in [0, 0.05) is 35.4 Å². The Morgan fingerprint density at radius 2 is 2.20 bits per heavy atom. The maximum Gasteiger partial charge on any atom is 0.0500 e. The van der Waals surface area contributed by atoms with Gasteiger partial charge < -0.3 is 10.4 Å². The molecule has 0 aromatic carbocycles. The summed E-state index contributed by atoms with van der Waals surface area (Å²) in [5, 5.41) is 15.0. The van der Waals surface area contributed by atoms with Gasteiger partial charge in [0.2, 0.25) is 0 Å². The Bertz CT molecular complexity index is 332. The zero-order valence-electron chi connectivity index (χ0n) is 8.53. The normalized spacial score (nSPS) is 37.9. The number of rotatable bonds is 2. The van der Waals surface area contributed by atoms with Crippen LogP contribution in [0.25, 0.3) is 0 Å². The van der Waals surface area contributed by atoms with Crippen LogP contribution in [0.2, 0.25) is 0 Å². The second-order valence-corrected chi connectivity index (χ2v) is 5.82. The fourth-order valence-corrected chi connectivity index (χ4v) is 4.14. The number of aliphatic hydroxyl groups is 1. The van der Waals surface area contributed by atoms with Gasteiger partial charge in [-0.1, -0.05) is 6.07 Å². The zero-order chi connectivity index (χ0) is 9.65. The van der Waals surface area contributed by atoms with Gasteiger partial charge in [-0.05, 0) is 24.3 Å². The van der Waals surface area contributed by atoms with E-state index in [4.69, 9.17) is 0 Å². The Balaban J connectivity index is 0.000000853. The van der Waals surface area contributed by atoms with Gasteiger partial charge in [-0.25, -0.2) is 0 Å². The van der Waals surface area contributed by atoms with Crippen LogP contribution in [0.3, 0.4) is 0 Å². The van der Waals surface area contributed by atoms with Crippen molar-refractivity contribution in [1.82, 2.24) is 5.32 Å².